The van der Waals surface area contributed by atoms with Gasteiger partial charge in [-0.2, -0.15) is 0 Å². The standard InChI is InChI=1S/C32H43N3O2/c1-23-19-24(2)21-35(20-23)16-7-6-13-31(36)27-14-17-34(18-15-27)22-30-25(3)37-32(33-30)29-12-8-10-26-9-4-5-11-28(26)29/h4-5,8-12,23-24,27H,6-7,13-22H2,1-3H3/t23-,24+. The Morgan fingerprint density at radius 1 is 0.973 bits per heavy atom. The summed E-state index contributed by atoms with van der Waals surface area (Å²) in [6.07, 6.45) is 6.22. The Bertz CT molecular complexity index is 1180. The average Bonchev–Trinajstić information content (AvgIpc) is 3.25. The van der Waals surface area contributed by atoms with Gasteiger partial charge in [0.2, 0.25) is 5.89 Å². The van der Waals surface area contributed by atoms with Crippen molar-refractivity contribution in [1.82, 2.24) is 14.8 Å². The molecule has 5 nitrogen and oxygen atoms in total. The first-order valence-corrected chi connectivity index (χ1v) is 14.4. The lowest BCUT2D eigenvalue weighted by Crippen LogP contribution is -2.39. The summed E-state index contributed by atoms with van der Waals surface area (Å²) in [7, 11) is 0. The van der Waals surface area contributed by atoms with Crippen LogP contribution in [0.15, 0.2) is 46.9 Å². The summed E-state index contributed by atoms with van der Waals surface area (Å²) in [5.74, 6) is 3.91. The third-order valence-corrected chi connectivity index (χ3v) is 8.42. The van der Waals surface area contributed by atoms with Crippen molar-refractivity contribution in [2.24, 2.45) is 17.8 Å². The molecule has 37 heavy (non-hydrogen) atoms. The molecule has 3 heterocycles. The van der Waals surface area contributed by atoms with E-state index in [1.54, 1.807) is 0 Å². The number of aryl methyl sites for hydroxylation is 1. The largest absolute Gasteiger partial charge is 0.441 e. The van der Waals surface area contributed by atoms with Crippen LogP contribution in [0.4, 0.5) is 0 Å². The molecule has 2 atom stereocenters. The zero-order valence-electron chi connectivity index (χ0n) is 22.9. The number of unbranched alkanes of at least 4 members (excludes halogenated alkanes) is 1. The van der Waals surface area contributed by atoms with Gasteiger partial charge in [-0.25, -0.2) is 4.98 Å². The lowest BCUT2D eigenvalue weighted by atomic mass is 9.89. The molecule has 0 N–H and O–H groups in total. The zero-order chi connectivity index (χ0) is 25.8. The maximum Gasteiger partial charge on any atom is 0.227 e. The number of likely N-dealkylation sites (tertiary alicyclic amines) is 2. The first kappa shape index (κ1) is 26.1. The summed E-state index contributed by atoms with van der Waals surface area (Å²) in [6.45, 7) is 13.0. The number of fused-ring (bicyclic) bond motifs is 1. The van der Waals surface area contributed by atoms with Gasteiger partial charge in [-0.1, -0.05) is 50.2 Å². The molecule has 198 valence electrons. The predicted molar refractivity (Wildman–Crippen MR) is 150 cm³/mol. The molecular formula is C32H43N3O2. The molecule has 0 bridgehead atoms. The predicted octanol–water partition coefficient (Wildman–Crippen LogP) is 6.73. The van der Waals surface area contributed by atoms with Crippen molar-refractivity contribution in [1.29, 1.82) is 0 Å². The zero-order valence-corrected chi connectivity index (χ0v) is 22.9. The summed E-state index contributed by atoms with van der Waals surface area (Å²) < 4.78 is 6.12. The fraction of sp³-hybridized carbons (Fsp3) is 0.562. The maximum absolute atomic E-state index is 12.9. The lowest BCUT2D eigenvalue weighted by Gasteiger charge is -2.35. The second-order valence-corrected chi connectivity index (χ2v) is 11.7. The van der Waals surface area contributed by atoms with Gasteiger partial charge in [-0.3, -0.25) is 9.69 Å². The lowest BCUT2D eigenvalue weighted by molar-refractivity contribution is -0.124. The number of carbonyl (C=O) groups is 1. The SMILES string of the molecule is Cc1oc(-c2cccc3ccccc23)nc1CN1CCC(C(=O)CCCCN2C[C@H](C)C[C@H](C)C2)CC1. The summed E-state index contributed by atoms with van der Waals surface area (Å²) in [5, 5.41) is 2.36. The highest BCUT2D eigenvalue weighted by Crippen LogP contribution is 2.30. The Morgan fingerprint density at radius 3 is 2.49 bits per heavy atom. The third-order valence-electron chi connectivity index (χ3n) is 8.42. The van der Waals surface area contributed by atoms with E-state index in [-0.39, 0.29) is 5.92 Å². The number of benzene rings is 2. The Balaban J connectivity index is 1.08. The average molecular weight is 502 g/mol. The molecule has 0 spiro atoms. The van der Waals surface area contributed by atoms with Crippen molar-refractivity contribution < 1.29 is 9.21 Å². The number of oxazole rings is 1. The topological polar surface area (TPSA) is 49.6 Å². The first-order valence-electron chi connectivity index (χ1n) is 14.4. The number of nitrogens with zero attached hydrogens (tertiary/aromatic N) is 3. The van der Waals surface area contributed by atoms with Gasteiger partial charge >= 0.3 is 0 Å². The number of Topliss-reactive ketones (excluding diaryl/α,β-unsaturated/α-hetero) is 1. The Morgan fingerprint density at radius 2 is 1.70 bits per heavy atom. The molecule has 0 aliphatic carbocycles. The van der Waals surface area contributed by atoms with Crippen LogP contribution in [-0.4, -0.2) is 53.3 Å². The van der Waals surface area contributed by atoms with Crippen LogP contribution in [0.2, 0.25) is 0 Å². The van der Waals surface area contributed by atoms with E-state index in [9.17, 15) is 4.79 Å². The van der Waals surface area contributed by atoms with Gasteiger partial charge in [0.05, 0.1) is 5.69 Å². The Kier molecular flexibility index (Phi) is 8.41. The van der Waals surface area contributed by atoms with Crippen molar-refractivity contribution in [2.75, 3.05) is 32.7 Å². The molecule has 2 aliphatic heterocycles. The van der Waals surface area contributed by atoms with E-state index in [0.717, 1.165) is 92.5 Å². The van der Waals surface area contributed by atoms with Crippen LogP contribution in [0.25, 0.3) is 22.2 Å². The van der Waals surface area contributed by atoms with E-state index in [4.69, 9.17) is 9.40 Å². The number of aromatic nitrogens is 1. The molecule has 1 aromatic heterocycles. The van der Waals surface area contributed by atoms with Crippen molar-refractivity contribution in [2.45, 2.75) is 65.8 Å². The van der Waals surface area contributed by atoms with E-state index < -0.39 is 0 Å². The first-order chi connectivity index (χ1) is 18.0. The van der Waals surface area contributed by atoms with Crippen LogP contribution in [0.5, 0.6) is 0 Å². The monoisotopic (exact) mass is 501 g/mol. The number of hydrogen-bond acceptors (Lipinski definition) is 5. The number of ketones is 1. The normalized spacial score (nSPS) is 22.0. The molecule has 2 aliphatic rings. The second kappa shape index (κ2) is 11.9. The highest BCUT2D eigenvalue weighted by molar-refractivity contribution is 5.94. The molecular weight excluding hydrogens is 458 g/mol. The molecule has 0 unspecified atom stereocenters. The van der Waals surface area contributed by atoms with Crippen LogP contribution in [0.3, 0.4) is 0 Å². The highest BCUT2D eigenvalue weighted by Gasteiger charge is 2.26. The minimum Gasteiger partial charge on any atom is -0.441 e. The van der Waals surface area contributed by atoms with Crippen molar-refractivity contribution in [3.63, 3.8) is 0 Å². The van der Waals surface area contributed by atoms with Gasteiger partial charge < -0.3 is 9.32 Å². The van der Waals surface area contributed by atoms with Crippen molar-refractivity contribution in [3.05, 3.63) is 53.9 Å². The number of hydrogen-bond donors (Lipinski definition) is 0. The van der Waals surface area contributed by atoms with Crippen LogP contribution in [0, 0.1) is 24.7 Å². The minimum absolute atomic E-state index is 0.232. The fourth-order valence-corrected chi connectivity index (χ4v) is 6.54. The molecule has 0 radical (unpaired) electrons. The number of carbonyl (C=O) groups excluding carboxylic acids is 1. The summed E-state index contributed by atoms with van der Waals surface area (Å²) in [6, 6.07) is 14.6. The van der Waals surface area contributed by atoms with Crippen LogP contribution >= 0.6 is 0 Å². The maximum atomic E-state index is 12.9. The summed E-state index contributed by atoms with van der Waals surface area (Å²) >= 11 is 0. The quantitative estimate of drug-likeness (QED) is 0.304. The Hall–Kier alpha value is -2.50. The van der Waals surface area contributed by atoms with Gasteiger partial charge in [0.25, 0.3) is 0 Å². The van der Waals surface area contributed by atoms with Crippen LogP contribution in [0.1, 0.15) is 63.8 Å². The Labute approximate surface area is 222 Å². The van der Waals surface area contributed by atoms with E-state index in [1.165, 1.54) is 24.9 Å². The molecule has 0 saturated carbocycles. The van der Waals surface area contributed by atoms with E-state index in [1.807, 2.05) is 6.92 Å². The van der Waals surface area contributed by atoms with E-state index in [0.29, 0.717) is 11.7 Å². The second-order valence-electron chi connectivity index (χ2n) is 11.7. The van der Waals surface area contributed by atoms with Crippen molar-refractivity contribution in [3.8, 4) is 11.5 Å². The molecule has 2 fully saturated rings. The van der Waals surface area contributed by atoms with Crippen LogP contribution in [-0.2, 0) is 11.3 Å². The van der Waals surface area contributed by atoms with E-state index in [2.05, 4.69) is 66.1 Å². The molecule has 5 rings (SSSR count). The molecule has 2 aromatic carbocycles. The number of piperidine rings is 2. The van der Waals surface area contributed by atoms with Gasteiger partial charge in [0, 0.05) is 37.5 Å². The van der Waals surface area contributed by atoms with E-state index >= 15 is 0 Å². The number of rotatable bonds is 9. The fourth-order valence-electron chi connectivity index (χ4n) is 6.54. The minimum atomic E-state index is 0.232. The van der Waals surface area contributed by atoms with Gasteiger partial charge in [0.1, 0.15) is 11.5 Å². The van der Waals surface area contributed by atoms with Crippen molar-refractivity contribution >= 4 is 16.6 Å². The summed E-state index contributed by atoms with van der Waals surface area (Å²) in [5.41, 5.74) is 2.05. The van der Waals surface area contributed by atoms with Crippen LogP contribution < -0.4 is 0 Å². The third kappa shape index (κ3) is 6.50. The smallest absolute Gasteiger partial charge is 0.227 e. The van der Waals surface area contributed by atoms with Gasteiger partial charge in [0.15, 0.2) is 0 Å². The summed E-state index contributed by atoms with van der Waals surface area (Å²) in [4.78, 5) is 22.8. The molecule has 0 amide bonds. The van der Waals surface area contributed by atoms with Gasteiger partial charge in [-0.15, -0.1) is 0 Å². The molecule has 5 heteroatoms. The highest BCUT2D eigenvalue weighted by atomic mass is 16.4. The molecule has 3 aromatic rings. The molecule has 2 saturated heterocycles. The van der Waals surface area contributed by atoms with Gasteiger partial charge in [-0.05, 0) is 87.3 Å².